The minimum absolute atomic E-state index is 0.613. The van der Waals surface area contributed by atoms with Gasteiger partial charge in [0.1, 0.15) is 5.75 Å². The number of hydrogen-bond donors (Lipinski definition) is 0. The molecule has 1 aromatic rings. The lowest BCUT2D eigenvalue weighted by Crippen LogP contribution is -2.38. The van der Waals surface area contributed by atoms with Gasteiger partial charge in [-0.1, -0.05) is 12.1 Å². The molecule has 0 radical (unpaired) electrons. The van der Waals surface area contributed by atoms with Gasteiger partial charge in [0.05, 0.1) is 12.2 Å². The van der Waals surface area contributed by atoms with Crippen molar-refractivity contribution < 1.29 is 14.2 Å². The molecule has 0 amide bonds. The van der Waals surface area contributed by atoms with Crippen LogP contribution in [0.1, 0.15) is 25.8 Å². The Morgan fingerprint density at radius 2 is 1.88 bits per heavy atom. The van der Waals surface area contributed by atoms with Gasteiger partial charge in [0.15, 0.2) is 0 Å². The Balaban J connectivity index is 2.39. The van der Waals surface area contributed by atoms with Crippen molar-refractivity contribution in [2.24, 2.45) is 0 Å². The summed E-state index contributed by atoms with van der Waals surface area (Å²) in [5, 5.41) is 0. The second-order valence-corrected chi connectivity index (χ2v) is 3.71. The maximum Gasteiger partial charge on any atom is 0.201 e. The minimum Gasteiger partial charge on any atom is -0.493 e. The average molecular weight is 222 g/mol. The SMILES string of the molecule is CCOC1(OCC)CCOc2ccccc21. The molecule has 0 saturated heterocycles. The first kappa shape index (κ1) is 11.4. The Labute approximate surface area is 96.3 Å². The van der Waals surface area contributed by atoms with Gasteiger partial charge in [0.25, 0.3) is 0 Å². The summed E-state index contributed by atoms with van der Waals surface area (Å²) >= 11 is 0. The molecule has 0 bridgehead atoms. The van der Waals surface area contributed by atoms with Crippen LogP contribution in [0.4, 0.5) is 0 Å². The molecule has 16 heavy (non-hydrogen) atoms. The van der Waals surface area contributed by atoms with Gasteiger partial charge in [0, 0.05) is 19.6 Å². The lowest BCUT2D eigenvalue weighted by Gasteiger charge is -2.37. The third-order valence-electron chi connectivity index (χ3n) is 2.74. The Bertz CT molecular complexity index is 343. The largest absolute Gasteiger partial charge is 0.493 e. The van der Waals surface area contributed by atoms with Crippen LogP contribution in [0.3, 0.4) is 0 Å². The highest BCUT2D eigenvalue weighted by molar-refractivity contribution is 5.38. The van der Waals surface area contributed by atoms with Crippen molar-refractivity contribution in [1.82, 2.24) is 0 Å². The van der Waals surface area contributed by atoms with Gasteiger partial charge >= 0.3 is 0 Å². The van der Waals surface area contributed by atoms with E-state index in [2.05, 4.69) is 0 Å². The third-order valence-corrected chi connectivity index (χ3v) is 2.74. The molecule has 3 nitrogen and oxygen atoms in total. The van der Waals surface area contributed by atoms with Crippen LogP contribution in [0.15, 0.2) is 24.3 Å². The quantitative estimate of drug-likeness (QED) is 0.733. The third kappa shape index (κ3) is 1.93. The monoisotopic (exact) mass is 222 g/mol. The first-order valence-corrected chi connectivity index (χ1v) is 5.82. The summed E-state index contributed by atoms with van der Waals surface area (Å²) in [6, 6.07) is 7.92. The van der Waals surface area contributed by atoms with Crippen molar-refractivity contribution in [3.05, 3.63) is 29.8 Å². The number of fused-ring (bicyclic) bond motifs is 1. The molecule has 0 saturated carbocycles. The molecule has 0 unspecified atom stereocenters. The van der Waals surface area contributed by atoms with E-state index >= 15 is 0 Å². The van der Waals surface area contributed by atoms with Gasteiger partial charge in [-0.25, -0.2) is 0 Å². The van der Waals surface area contributed by atoms with Crippen LogP contribution < -0.4 is 4.74 Å². The van der Waals surface area contributed by atoms with E-state index in [0.717, 1.165) is 17.7 Å². The van der Waals surface area contributed by atoms with Gasteiger partial charge in [-0.15, -0.1) is 0 Å². The van der Waals surface area contributed by atoms with Gasteiger partial charge in [-0.3, -0.25) is 0 Å². The van der Waals surface area contributed by atoms with E-state index in [1.807, 2.05) is 38.1 Å². The highest BCUT2D eigenvalue weighted by Gasteiger charge is 2.39. The second kappa shape index (κ2) is 4.85. The zero-order valence-electron chi connectivity index (χ0n) is 9.86. The molecular weight excluding hydrogens is 204 g/mol. The summed E-state index contributed by atoms with van der Waals surface area (Å²) in [5.74, 6) is 0.258. The molecule has 0 atom stereocenters. The summed E-state index contributed by atoms with van der Waals surface area (Å²) in [7, 11) is 0. The van der Waals surface area contributed by atoms with Crippen molar-refractivity contribution in [1.29, 1.82) is 0 Å². The smallest absolute Gasteiger partial charge is 0.201 e. The van der Waals surface area contributed by atoms with Crippen LogP contribution in [-0.4, -0.2) is 19.8 Å². The fourth-order valence-corrected chi connectivity index (χ4v) is 2.15. The number of benzene rings is 1. The molecule has 1 aliphatic rings. The molecule has 3 heteroatoms. The maximum atomic E-state index is 5.84. The van der Waals surface area contributed by atoms with Crippen molar-refractivity contribution in [3.63, 3.8) is 0 Å². The van der Waals surface area contributed by atoms with Crippen molar-refractivity contribution in [3.8, 4) is 5.75 Å². The van der Waals surface area contributed by atoms with Crippen LogP contribution in [0.25, 0.3) is 0 Å². The Hall–Kier alpha value is -1.06. The molecule has 0 spiro atoms. The van der Waals surface area contributed by atoms with Crippen molar-refractivity contribution in [2.75, 3.05) is 19.8 Å². The Kier molecular flexibility index (Phi) is 3.46. The van der Waals surface area contributed by atoms with E-state index in [9.17, 15) is 0 Å². The summed E-state index contributed by atoms with van der Waals surface area (Å²) in [5.41, 5.74) is 1.00. The predicted octanol–water partition coefficient (Wildman–Crippen LogP) is 2.69. The first-order valence-electron chi connectivity index (χ1n) is 5.82. The van der Waals surface area contributed by atoms with Crippen LogP contribution in [0, 0.1) is 0 Å². The summed E-state index contributed by atoms with van der Waals surface area (Å²) in [4.78, 5) is 0. The van der Waals surface area contributed by atoms with Gasteiger partial charge in [-0.2, -0.15) is 0 Å². The summed E-state index contributed by atoms with van der Waals surface area (Å²) < 4.78 is 17.3. The van der Waals surface area contributed by atoms with E-state index in [-0.39, 0.29) is 0 Å². The number of hydrogen-bond acceptors (Lipinski definition) is 3. The normalized spacial score (nSPS) is 17.6. The Morgan fingerprint density at radius 3 is 2.56 bits per heavy atom. The molecule has 0 aliphatic carbocycles. The average Bonchev–Trinajstić information content (AvgIpc) is 2.30. The zero-order valence-corrected chi connectivity index (χ0v) is 9.86. The molecule has 0 aromatic heterocycles. The predicted molar refractivity (Wildman–Crippen MR) is 61.5 cm³/mol. The fourth-order valence-electron chi connectivity index (χ4n) is 2.15. The van der Waals surface area contributed by atoms with Gasteiger partial charge < -0.3 is 14.2 Å². The fraction of sp³-hybridized carbons (Fsp3) is 0.538. The second-order valence-electron chi connectivity index (χ2n) is 3.71. The van der Waals surface area contributed by atoms with Crippen molar-refractivity contribution >= 4 is 0 Å². The number of ether oxygens (including phenoxy) is 3. The van der Waals surface area contributed by atoms with E-state index in [4.69, 9.17) is 14.2 Å². The van der Waals surface area contributed by atoms with E-state index in [1.54, 1.807) is 0 Å². The van der Waals surface area contributed by atoms with Crippen LogP contribution in [0.5, 0.6) is 5.75 Å². The Morgan fingerprint density at radius 1 is 1.19 bits per heavy atom. The van der Waals surface area contributed by atoms with Gasteiger partial charge in [0.2, 0.25) is 5.79 Å². The molecule has 0 N–H and O–H groups in total. The lowest BCUT2D eigenvalue weighted by atomic mass is 9.99. The highest BCUT2D eigenvalue weighted by atomic mass is 16.7. The minimum atomic E-state index is -0.613. The van der Waals surface area contributed by atoms with Crippen LogP contribution in [-0.2, 0) is 15.3 Å². The van der Waals surface area contributed by atoms with Crippen LogP contribution >= 0.6 is 0 Å². The first-order chi connectivity index (χ1) is 7.82. The zero-order chi connectivity index (χ0) is 11.4. The maximum absolute atomic E-state index is 5.84. The molecule has 1 aliphatic heterocycles. The van der Waals surface area contributed by atoms with Crippen LogP contribution in [0.2, 0.25) is 0 Å². The topological polar surface area (TPSA) is 27.7 Å². The number of rotatable bonds is 4. The number of para-hydroxylation sites is 1. The van der Waals surface area contributed by atoms with Gasteiger partial charge in [-0.05, 0) is 26.0 Å². The molecule has 0 fully saturated rings. The summed E-state index contributed by atoms with van der Waals surface area (Å²) in [6.07, 6.45) is 0.742. The molecule has 1 aromatic carbocycles. The van der Waals surface area contributed by atoms with E-state index in [1.165, 1.54) is 0 Å². The van der Waals surface area contributed by atoms with E-state index < -0.39 is 5.79 Å². The summed E-state index contributed by atoms with van der Waals surface area (Å²) in [6.45, 7) is 5.87. The molecule has 2 rings (SSSR count). The van der Waals surface area contributed by atoms with E-state index in [0.29, 0.717) is 19.8 Å². The lowest BCUT2D eigenvalue weighted by molar-refractivity contribution is -0.255. The standard InChI is InChI=1S/C13H18O3/c1-3-15-13(16-4-2)9-10-14-12-8-6-5-7-11(12)13/h5-8H,3-4,9-10H2,1-2H3. The van der Waals surface area contributed by atoms with Crippen molar-refractivity contribution in [2.45, 2.75) is 26.1 Å². The molecule has 88 valence electrons. The molecule has 1 heterocycles. The molecular formula is C13H18O3. The highest BCUT2D eigenvalue weighted by Crippen LogP contribution is 2.40.